The van der Waals surface area contributed by atoms with E-state index in [1.54, 1.807) is 0 Å². The molecule has 2 atom stereocenters. The lowest BCUT2D eigenvalue weighted by Crippen LogP contribution is -2.30. The van der Waals surface area contributed by atoms with Gasteiger partial charge in [0.1, 0.15) is 5.75 Å². The number of carboxylic acid groups (broad SMARTS) is 1. The summed E-state index contributed by atoms with van der Waals surface area (Å²) in [6.07, 6.45) is 10.00. The fourth-order valence-electron chi connectivity index (χ4n) is 5.80. The third-order valence-corrected chi connectivity index (χ3v) is 8.05. The molecule has 0 spiro atoms. The van der Waals surface area contributed by atoms with Gasteiger partial charge in [0.2, 0.25) is 0 Å². The molecule has 0 unspecified atom stereocenters. The first kappa shape index (κ1) is 23.9. The maximum atomic E-state index is 11.2. The number of aliphatic carboxylic acids is 1. The number of benzene rings is 2. The maximum Gasteiger partial charge on any atom is 0.306 e. The van der Waals surface area contributed by atoms with Gasteiger partial charge in [0.15, 0.2) is 0 Å². The molecule has 33 heavy (non-hydrogen) atoms. The smallest absolute Gasteiger partial charge is 0.306 e. The molecule has 2 saturated carbocycles. The van der Waals surface area contributed by atoms with Gasteiger partial charge in [-0.05, 0) is 104 Å². The van der Waals surface area contributed by atoms with Gasteiger partial charge >= 0.3 is 5.97 Å². The van der Waals surface area contributed by atoms with Gasteiger partial charge < -0.3 is 9.84 Å². The van der Waals surface area contributed by atoms with E-state index in [0.717, 1.165) is 56.6 Å². The van der Waals surface area contributed by atoms with Crippen molar-refractivity contribution in [2.45, 2.75) is 84.7 Å². The van der Waals surface area contributed by atoms with Gasteiger partial charge in [-0.15, -0.1) is 0 Å². The summed E-state index contributed by atoms with van der Waals surface area (Å²) in [6, 6.07) is 17.4. The van der Waals surface area contributed by atoms with Crippen molar-refractivity contribution in [2.24, 2.45) is 23.2 Å². The molecule has 0 heterocycles. The molecule has 2 fully saturated rings. The van der Waals surface area contributed by atoms with Crippen molar-refractivity contribution < 1.29 is 14.6 Å². The number of carbonyl (C=O) groups is 1. The highest BCUT2D eigenvalue weighted by molar-refractivity contribution is 5.70. The number of hydrogen-bond acceptors (Lipinski definition) is 2. The van der Waals surface area contributed by atoms with Crippen molar-refractivity contribution >= 4 is 5.97 Å². The lowest BCUT2D eigenvalue weighted by molar-refractivity contribution is -0.141. The fourth-order valence-corrected chi connectivity index (χ4v) is 5.80. The third-order valence-electron chi connectivity index (χ3n) is 8.05. The van der Waals surface area contributed by atoms with E-state index in [0.29, 0.717) is 17.4 Å². The number of ether oxygens (including phenoxy) is 1. The Morgan fingerprint density at radius 2 is 1.67 bits per heavy atom. The van der Waals surface area contributed by atoms with E-state index in [1.165, 1.54) is 29.5 Å². The minimum Gasteiger partial charge on any atom is -0.490 e. The minimum atomic E-state index is -0.621. The second-order valence-electron chi connectivity index (χ2n) is 11.4. The van der Waals surface area contributed by atoms with Crippen LogP contribution in [0.15, 0.2) is 48.5 Å². The Labute approximate surface area is 199 Å². The normalized spacial score (nSPS) is 25.7. The van der Waals surface area contributed by atoms with Crippen molar-refractivity contribution in [3.05, 3.63) is 54.1 Å². The highest BCUT2D eigenvalue weighted by atomic mass is 16.5. The van der Waals surface area contributed by atoms with Crippen molar-refractivity contribution in [1.82, 2.24) is 0 Å². The molecular formula is C30H40O3. The molecule has 0 radical (unpaired) electrons. The number of carboxylic acids is 1. The third kappa shape index (κ3) is 6.40. The van der Waals surface area contributed by atoms with Crippen molar-refractivity contribution in [3.8, 4) is 16.9 Å². The van der Waals surface area contributed by atoms with Crippen LogP contribution in [0, 0.1) is 23.2 Å². The van der Waals surface area contributed by atoms with Crippen molar-refractivity contribution in [2.75, 3.05) is 0 Å². The van der Waals surface area contributed by atoms with Crippen LogP contribution in [0.1, 0.15) is 77.7 Å². The van der Waals surface area contributed by atoms with Gasteiger partial charge in [-0.2, -0.15) is 0 Å². The van der Waals surface area contributed by atoms with Crippen LogP contribution >= 0.6 is 0 Å². The predicted octanol–water partition coefficient (Wildman–Crippen LogP) is 7.77. The molecule has 0 saturated heterocycles. The Morgan fingerprint density at radius 1 is 0.939 bits per heavy atom. The van der Waals surface area contributed by atoms with E-state index in [1.807, 2.05) is 0 Å². The summed E-state index contributed by atoms with van der Waals surface area (Å²) < 4.78 is 6.31. The van der Waals surface area contributed by atoms with Crippen LogP contribution in [0.4, 0.5) is 0 Å². The van der Waals surface area contributed by atoms with Gasteiger partial charge in [-0.1, -0.05) is 57.2 Å². The molecule has 0 aliphatic heterocycles. The summed E-state index contributed by atoms with van der Waals surface area (Å²) in [7, 11) is 0. The van der Waals surface area contributed by atoms with Crippen molar-refractivity contribution in [3.63, 3.8) is 0 Å². The molecule has 4 rings (SSSR count). The molecule has 1 N–H and O–H groups in total. The molecule has 0 bridgehead atoms. The van der Waals surface area contributed by atoms with Crippen LogP contribution in [-0.2, 0) is 11.2 Å². The lowest BCUT2D eigenvalue weighted by atomic mass is 9.72. The zero-order chi connectivity index (χ0) is 23.4. The highest BCUT2D eigenvalue weighted by Crippen LogP contribution is 2.39. The molecule has 3 nitrogen and oxygen atoms in total. The number of rotatable bonds is 7. The second-order valence-corrected chi connectivity index (χ2v) is 11.4. The minimum absolute atomic E-state index is 0.129. The van der Waals surface area contributed by atoms with Crippen LogP contribution in [0.25, 0.3) is 11.1 Å². The zero-order valence-electron chi connectivity index (χ0n) is 20.6. The average Bonchev–Trinajstić information content (AvgIpc) is 3.28. The molecule has 178 valence electrons. The molecule has 0 aromatic heterocycles. The SMILES string of the molecule is CC(C)(C)C1CCC(Oc2ccc(-c3cccc(CC[C@@H]4CC[C@H](C(=O)O)C4)c3)cc2)CC1. The molecule has 3 heteroatoms. The predicted molar refractivity (Wildman–Crippen MR) is 134 cm³/mol. The van der Waals surface area contributed by atoms with E-state index in [4.69, 9.17) is 4.74 Å². The molecule has 2 aliphatic rings. The van der Waals surface area contributed by atoms with Crippen LogP contribution < -0.4 is 4.74 Å². The van der Waals surface area contributed by atoms with Crippen molar-refractivity contribution in [1.29, 1.82) is 0 Å². The fraction of sp³-hybridized carbons (Fsp3) is 0.567. The zero-order valence-corrected chi connectivity index (χ0v) is 20.6. The van der Waals surface area contributed by atoms with Crippen LogP contribution in [0.5, 0.6) is 5.75 Å². The van der Waals surface area contributed by atoms with E-state index in [9.17, 15) is 9.90 Å². The first-order valence-electron chi connectivity index (χ1n) is 12.9. The van der Waals surface area contributed by atoms with E-state index < -0.39 is 5.97 Å². The van der Waals surface area contributed by atoms with E-state index in [2.05, 4.69) is 69.3 Å². The summed E-state index contributed by atoms with van der Waals surface area (Å²) in [5.74, 6) is 1.58. The van der Waals surface area contributed by atoms with Crippen LogP contribution in [0.3, 0.4) is 0 Å². The standard InChI is InChI=1S/C30H40O3/c1-30(2,3)26-13-17-28(18-14-26)33-27-15-11-23(12-16-27)24-6-4-5-21(19-24)7-8-22-9-10-25(20-22)29(31)32/h4-6,11-12,15-16,19,22,25-26,28H,7-10,13-14,17-18,20H2,1-3H3,(H,31,32)/t22-,25+,26?,28?/m1/s1. The second kappa shape index (κ2) is 10.3. The Hall–Kier alpha value is -2.29. The maximum absolute atomic E-state index is 11.2. The highest BCUT2D eigenvalue weighted by Gasteiger charge is 2.31. The monoisotopic (exact) mass is 448 g/mol. The van der Waals surface area contributed by atoms with Crippen LogP contribution in [-0.4, -0.2) is 17.2 Å². The van der Waals surface area contributed by atoms with Gasteiger partial charge in [0.25, 0.3) is 0 Å². The quantitative estimate of drug-likeness (QED) is 0.470. The van der Waals surface area contributed by atoms with Gasteiger partial charge in [0.05, 0.1) is 12.0 Å². The summed E-state index contributed by atoms with van der Waals surface area (Å²) in [4.78, 5) is 11.2. The Bertz CT molecular complexity index is 916. The summed E-state index contributed by atoms with van der Waals surface area (Å²) in [5, 5.41) is 9.22. The molecular weight excluding hydrogens is 408 g/mol. The average molecular weight is 449 g/mol. The number of hydrogen-bond donors (Lipinski definition) is 1. The van der Waals surface area contributed by atoms with Gasteiger partial charge in [0, 0.05) is 0 Å². The lowest BCUT2D eigenvalue weighted by Gasteiger charge is -2.36. The van der Waals surface area contributed by atoms with E-state index >= 15 is 0 Å². The Kier molecular flexibility index (Phi) is 7.46. The van der Waals surface area contributed by atoms with Crippen LogP contribution in [0.2, 0.25) is 0 Å². The summed E-state index contributed by atoms with van der Waals surface area (Å²) in [5.41, 5.74) is 4.19. The largest absolute Gasteiger partial charge is 0.490 e. The first-order chi connectivity index (χ1) is 15.8. The molecule has 2 aliphatic carbocycles. The van der Waals surface area contributed by atoms with E-state index in [-0.39, 0.29) is 5.92 Å². The number of aryl methyl sites for hydroxylation is 1. The first-order valence-corrected chi connectivity index (χ1v) is 12.9. The van der Waals surface area contributed by atoms with Gasteiger partial charge in [-0.3, -0.25) is 4.79 Å². The topological polar surface area (TPSA) is 46.5 Å². The molecule has 0 amide bonds. The summed E-state index contributed by atoms with van der Waals surface area (Å²) >= 11 is 0. The molecule has 2 aromatic rings. The Morgan fingerprint density at radius 3 is 2.30 bits per heavy atom. The molecule has 2 aromatic carbocycles. The summed E-state index contributed by atoms with van der Waals surface area (Å²) in [6.45, 7) is 7.07. The van der Waals surface area contributed by atoms with Gasteiger partial charge in [-0.25, -0.2) is 0 Å². The Balaban J connectivity index is 1.30.